The van der Waals surface area contributed by atoms with Gasteiger partial charge in [0.2, 0.25) is 10.0 Å². The van der Waals surface area contributed by atoms with Gasteiger partial charge in [-0.15, -0.1) is 0 Å². The van der Waals surface area contributed by atoms with Gasteiger partial charge in [-0.1, -0.05) is 6.58 Å². The zero-order chi connectivity index (χ0) is 24.9. The van der Waals surface area contributed by atoms with Gasteiger partial charge in [0.05, 0.1) is 23.9 Å². The molecule has 1 fully saturated rings. The molecule has 7 nitrogen and oxygen atoms in total. The third-order valence-electron chi connectivity index (χ3n) is 5.46. The molecule has 0 bridgehead atoms. The molecule has 0 radical (unpaired) electrons. The quantitative estimate of drug-likeness (QED) is 0.466. The molecule has 1 aliphatic carbocycles. The van der Waals surface area contributed by atoms with Gasteiger partial charge < -0.3 is 9.64 Å². The largest absolute Gasteiger partial charge is 0.488 e. The molecule has 0 spiro atoms. The van der Waals surface area contributed by atoms with Gasteiger partial charge in [-0.2, -0.15) is 5.26 Å². The normalized spacial score (nSPS) is 14.0. The fourth-order valence-electron chi connectivity index (χ4n) is 3.64. The molecule has 1 saturated carbocycles. The second-order valence-electron chi connectivity index (χ2n) is 8.45. The van der Waals surface area contributed by atoms with Crippen molar-refractivity contribution in [1.29, 1.82) is 5.26 Å². The van der Waals surface area contributed by atoms with Crippen LogP contribution in [0.4, 0.5) is 14.5 Å². The number of rotatable bonds is 11. The van der Waals surface area contributed by atoms with Crippen LogP contribution < -0.4 is 14.4 Å². The molecule has 1 aromatic carbocycles. The van der Waals surface area contributed by atoms with Gasteiger partial charge in [-0.05, 0) is 57.4 Å². The topological polar surface area (TPSA) is 95.3 Å². The zero-order valence-electron chi connectivity index (χ0n) is 19.2. The highest BCUT2D eigenvalue weighted by atomic mass is 32.2. The van der Waals surface area contributed by atoms with Gasteiger partial charge in [0.1, 0.15) is 17.3 Å². The molecule has 0 saturated heterocycles. The number of halogens is 2. The average molecular weight is 491 g/mol. The van der Waals surface area contributed by atoms with Crippen LogP contribution in [0.3, 0.4) is 0 Å². The Kier molecular flexibility index (Phi) is 8.23. The molecule has 1 N–H and O–H groups in total. The maximum atomic E-state index is 12.7. The van der Waals surface area contributed by atoms with Crippen LogP contribution >= 0.6 is 0 Å². The number of ether oxygens (including phenoxy) is 1. The van der Waals surface area contributed by atoms with E-state index in [2.05, 4.69) is 27.3 Å². The number of anilines is 1. The van der Waals surface area contributed by atoms with E-state index in [1.54, 1.807) is 38.1 Å². The lowest BCUT2D eigenvalue weighted by atomic mass is 9.90. The molecule has 10 heteroatoms. The first kappa shape index (κ1) is 25.6. The number of allylic oxidation sites excluding steroid dienone is 1. The molecule has 0 unspecified atom stereocenters. The van der Waals surface area contributed by atoms with E-state index in [4.69, 9.17) is 4.74 Å². The molecular weight excluding hydrogens is 462 g/mol. The smallest absolute Gasteiger partial charge is 0.272 e. The lowest BCUT2D eigenvalue weighted by Gasteiger charge is -2.40. The van der Waals surface area contributed by atoms with Gasteiger partial charge in [0.25, 0.3) is 6.43 Å². The van der Waals surface area contributed by atoms with Gasteiger partial charge >= 0.3 is 0 Å². The lowest BCUT2D eigenvalue weighted by Crippen LogP contribution is -2.40. The predicted octanol–water partition coefficient (Wildman–Crippen LogP) is 4.51. The summed E-state index contributed by atoms with van der Waals surface area (Å²) in [4.78, 5) is 6.48. The molecule has 0 amide bonds. The molecule has 182 valence electrons. The van der Waals surface area contributed by atoms with Crippen LogP contribution in [-0.2, 0) is 16.6 Å². The fraction of sp³-hybridized carbons (Fsp3) is 0.417. The van der Waals surface area contributed by atoms with E-state index in [1.165, 1.54) is 12.3 Å². The summed E-state index contributed by atoms with van der Waals surface area (Å²) in [5, 5.41) is 9.43. The number of alkyl halides is 2. The van der Waals surface area contributed by atoms with E-state index < -0.39 is 23.1 Å². The van der Waals surface area contributed by atoms with Gasteiger partial charge in [-0.25, -0.2) is 21.9 Å². The first-order valence-corrected chi connectivity index (χ1v) is 12.5. The first-order chi connectivity index (χ1) is 16.1. The number of aromatic nitrogens is 1. The summed E-state index contributed by atoms with van der Waals surface area (Å²) in [6.45, 7) is 6.91. The van der Waals surface area contributed by atoms with Crippen molar-refractivity contribution >= 4 is 21.3 Å². The minimum atomic E-state index is -3.66. The summed E-state index contributed by atoms with van der Waals surface area (Å²) in [5.74, 6) is 0.267. The zero-order valence-corrected chi connectivity index (χ0v) is 20.0. The number of pyridine rings is 1. The summed E-state index contributed by atoms with van der Waals surface area (Å²) >= 11 is 0. The van der Waals surface area contributed by atoms with E-state index in [-0.39, 0.29) is 28.3 Å². The minimum Gasteiger partial charge on any atom is -0.488 e. The second-order valence-corrected chi connectivity index (χ2v) is 10.2. The number of nitrogens with zero attached hydrogens (tertiary/aromatic N) is 3. The number of nitriles is 1. The number of sulfonamides is 1. The second kappa shape index (κ2) is 10.9. The molecule has 1 aromatic heterocycles. The van der Waals surface area contributed by atoms with Crippen molar-refractivity contribution in [2.24, 2.45) is 0 Å². The van der Waals surface area contributed by atoms with E-state index in [9.17, 15) is 22.5 Å². The highest BCUT2D eigenvalue weighted by Gasteiger charge is 2.28. The van der Waals surface area contributed by atoms with Crippen LogP contribution in [0.25, 0.3) is 5.57 Å². The Morgan fingerprint density at radius 3 is 2.59 bits per heavy atom. The Hall–Kier alpha value is -3.03. The van der Waals surface area contributed by atoms with Crippen molar-refractivity contribution in [1.82, 2.24) is 9.71 Å². The summed E-state index contributed by atoms with van der Waals surface area (Å²) in [7, 11) is -3.66. The van der Waals surface area contributed by atoms with Crippen LogP contribution in [0.5, 0.6) is 5.75 Å². The minimum absolute atomic E-state index is 0.0705. The Labute approximate surface area is 199 Å². The summed E-state index contributed by atoms with van der Waals surface area (Å²) in [5.41, 5.74) is 2.10. The summed E-state index contributed by atoms with van der Waals surface area (Å²) < 4.78 is 57.8. The molecule has 1 aliphatic rings. The maximum absolute atomic E-state index is 12.7. The highest BCUT2D eigenvalue weighted by Crippen LogP contribution is 2.37. The van der Waals surface area contributed by atoms with Crippen molar-refractivity contribution < 1.29 is 21.9 Å². The van der Waals surface area contributed by atoms with E-state index in [1.807, 2.05) is 0 Å². The Bertz CT molecular complexity index is 1160. The average Bonchev–Trinajstić information content (AvgIpc) is 2.75. The van der Waals surface area contributed by atoms with Crippen LogP contribution in [0.1, 0.15) is 44.4 Å². The maximum Gasteiger partial charge on any atom is 0.272 e. The van der Waals surface area contributed by atoms with Crippen molar-refractivity contribution in [3.05, 3.63) is 54.4 Å². The molecule has 0 aliphatic heterocycles. The third-order valence-corrected chi connectivity index (χ3v) is 7.11. The highest BCUT2D eigenvalue weighted by molar-refractivity contribution is 7.89. The summed E-state index contributed by atoms with van der Waals surface area (Å²) in [6.07, 6.45) is 1.60. The monoisotopic (exact) mass is 490 g/mol. The molecule has 34 heavy (non-hydrogen) atoms. The number of benzene rings is 1. The Balaban J connectivity index is 1.94. The van der Waals surface area contributed by atoms with Crippen molar-refractivity contribution in [3.8, 4) is 11.8 Å². The molecule has 2 aromatic rings. The van der Waals surface area contributed by atoms with E-state index in [0.29, 0.717) is 23.5 Å². The lowest BCUT2D eigenvalue weighted by molar-refractivity contribution is 0.0819. The number of hydrogen-bond acceptors (Lipinski definition) is 6. The summed E-state index contributed by atoms with van der Waals surface area (Å²) in [6, 6.07) is 9.95. The Morgan fingerprint density at radius 2 is 2.06 bits per heavy atom. The van der Waals surface area contributed by atoms with E-state index in [0.717, 1.165) is 19.3 Å². The first-order valence-electron chi connectivity index (χ1n) is 11.0. The van der Waals surface area contributed by atoms with Crippen molar-refractivity contribution in [3.63, 3.8) is 0 Å². The van der Waals surface area contributed by atoms with Crippen LogP contribution in [-0.4, -0.2) is 38.5 Å². The molecule has 0 atom stereocenters. The van der Waals surface area contributed by atoms with Crippen LogP contribution in [0.15, 0.2) is 48.0 Å². The van der Waals surface area contributed by atoms with Gasteiger partial charge in [0, 0.05) is 35.6 Å². The van der Waals surface area contributed by atoms with Gasteiger partial charge in [0.15, 0.2) is 0 Å². The Morgan fingerprint density at radius 1 is 1.32 bits per heavy atom. The SMILES string of the molecule is C=C(C#N)c1ccc(OCC(F)F)cc1N(Cc1ccc(S(=O)(=O)NC(C)C)cn1)C1CCC1. The van der Waals surface area contributed by atoms with Crippen molar-refractivity contribution in [2.45, 2.75) is 63.1 Å². The molecule has 1 heterocycles. The van der Waals surface area contributed by atoms with E-state index >= 15 is 0 Å². The van der Waals surface area contributed by atoms with Gasteiger partial charge in [-0.3, -0.25) is 4.98 Å². The molecule has 3 rings (SSSR count). The number of nitrogens with one attached hydrogen (secondary N) is 1. The van der Waals surface area contributed by atoms with Crippen LogP contribution in [0, 0.1) is 11.3 Å². The molecular formula is C24H28F2N4O3S. The fourth-order valence-corrected chi connectivity index (χ4v) is 4.83. The number of hydrogen-bond donors (Lipinski definition) is 1. The predicted molar refractivity (Wildman–Crippen MR) is 126 cm³/mol. The standard InChI is InChI=1S/C24H28F2N4O3S/c1-16(2)29-34(31,32)21-9-7-18(28-13-21)14-30(19-5-4-6-19)23-11-20(33-15-24(25)26)8-10-22(23)17(3)12-27/h7-11,13,16,19,24,29H,3-6,14-15H2,1-2H3. The third kappa shape index (κ3) is 6.30. The van der Waals surface area contributed by atoms with Crippen molar-refractivity contribution in [2.75, 3.05) is 11.5 Å². The van der Waals surface area contributed by atoms with Crippen LogP contribution in [0.2, 0.25) is 0 Å².